The van der Waals surface area contributed by atoms with Crippen molar-refractivity contribution >= 4 is 33.2 Å². The number of methoxy groups -OCH3 is 1. The first-order chi connectivity index (χ1) is 18.2. The van der Waals surface area contributed by atoms with Gasteiger partial charge < -0.3 is 4.74 Å². The molecule has 38 heavy (non-hydrogen) atoms. The summed E-state index contributed by atoms with van der Waals surface area (Å²) in [6.45, 7) is 1.37. The van der Waals surface area contributed by atoms with E-state index in [0.29, 0.717) is 11.4 Å². The van der Waals surface area contributed by atoms with Gasteiger partial charge in [-0.05, 0) is 36.4 Å². The second-order valence-corrected chi connectivity index (χ2v) is 11.1. The highest BCUT2D eigenvalue weighted by Crippen LogP contribution is 2.37. The van der Waals surface area contributed by atoms with Gasteiger partial charge in [0.15, 0.2) is 0 Å². The van der Waals surface area contributed by atoms with E-state index >= 15 is 0 Å². The van der Waals surface area contributed by atoms with Crippen LogP contribution in [0, 0.1) is 0 Å². The predicted molar refractivity (Wildman–Crippen MR) is 148 cm³/mol. The monoisotopic (exact) mass is 529 g/mol. The number of sulfonamides is 1. The van der Waals surface area contributed by atoms with Gasteiger partial charge in [0.2, 0.25) is 5.91 Å². The lowest BCUT2D eigenvalue weighted by molar-refractivity contribution is -0.116. The Morgan fingerprint density at radius 1 is 0.789 bits per heavy atom. The average Bonchev–Trinajstić information content (AvgIpc) is 2.94. The molecule has 0 aromatic heterocycles. The van der Waals surface area contributed by atoms with Crippen LogP contribution in [-0.2, 0) is 21.4 Å². The Bertz CT molecular complexity index is 1540. The SMILES string of the molecule is COc1ccc(C(=O)N(C(C)=O)c2ccccc2S(=O)(=O)[N+](C)(Cc2ccccc2)c2ccccc2)cc1. The quantitative estimate of drug-likeness (QED) is 0.285. The summed E-state index contributed by atoms with van der Waals surface area (Å²) in [5.74, 6) is -0.694. The van der Waals surface area contributed by atoms with Gasteiger partial charge in [-0.2, -0.15) is 12.3 Å². The number of rotatable bonds is 8. The molecule has 0 aliphatic rings. The number of hydrogen-bond donors (Lipinski definition) is 0. The Balaban J connectivity index is 1.88. The van der Waals surface area contributed by atoms with E-state index in [4.69, 9.17) is 4.74 Å². The minimum absolute atomic E-state index is 0.00541. The first-order valence-electron chi connectivity index (χ1n) is 12.0. The Morgan fingerprint density at radius 2 is 1.34 bits per heavy atom. The lowest BCUT2D eigenvalue weighted by Crippen LogP contribution is -2.50. The Labute approximate surface area is 223 Å². The average molecular weight is 530 g/mol. The molecule has 0 fully saturated rings. The fourth-order valence-electron chi connectivity index (χ4n) is 4.35. The number of anilines is 1. The second kappa shape index (κ2) is 11.0. The van der Waals surface area contributed by atoms with Gasteiger partial charge in [0, 0.05) is 30.2 Å². The standard InChI is InChI=1S/C30H29N2O5S/c1-23(33)31(30(34)25-18-20-27(37-3)21-19-25)28-16-10-11-17-29(28)38(35,36)32(2,26-14-8-5-9-15-26)22-24-12-6-4-7-13-24/h4-21H,22H2,1-3H3/q+1. The van der Waals surface area contributed by atoms with Crippen molar-refractivity contribution in [2.24, 2.45) is 0 Å². The van der Waals surface area contributed by atoms with Crippen molar-refractivity contribution in [3.63, 3.8) is 0 Å². The molecular formula is C30H29N2O5S+. The van der Waals surface area contributed by atoms with Gasteiger partial charge >= 0.3 is 10.0 Å². The Hall–Kier alpha value is -4.27. The maximum absolute atomic E-state index is 14.6. The summed E-state index contributed by atoms with van der Waals surface area (Å²) < 4.78 is 33.8. The number of ether oxygens (including phenoxy) is 1. The van der Waals surface area contributed by atoms with Crippen molar-refractivity contribution in [2.45, 2.75) is 18.4 Å². The van der Waals surface area contributed by atoms with Gasteiger partial charge in [0.05, 0.1) is 19.8 Å². The fraction of sp³-hybridized carbons (Fsp3) is 0.133. The zero-order valence-electron chi connectivity index (χ0n) is 21.4. The van der Waals surface area contributed by atoms with Crippen LogP contribution in [0.1, 0.15) is 22.8 Å². The number of carbonyl (C=O) groups is 2. The third-order valence-electron chi connectivity index (χ3n) is 6.40. The van der Waals surface area contributed by atoms with Crippen molar-refractivity contribution in [3.8, 4) is 5.75 Å². The maximum Gasteiger partial charge on any atom is 0.334 e. The molecule has 1 unspecified atom stereocenters. The first-order valence-corrected chi connectivity index (χ1v) is 13.4. The number of carbonyl (C=O) groups excluding carboxylic acids is 2. The molecule has 0 radical (unpaired) electrons. The number of imide groups is 1. The van der Waals surface area contributed by atoms with E-state index in [9.17, 15) is 18.0 Å². The molecule has 0 aliphatic heterocycles. The van der Waals surface area contributed by atoms with E-state index in [0.717, 1.165) is 10.5 Å². The minimum atomic E-state index is -4.22. The van der Waals surface area contributed by atoms with Gasteiger partial charge in [-0.15, -0.1) is 0 Å². The van der Waals surface area contributed by atoms with Crippen molar-refractivity contribution in [2.75, 3.05) is 19.1 Å². The van der Waals surface area contributed by atoms with Crippen LogP contribution in [0.2, 0.25) is 0 Å². The van der Waals surface area contributed by atoms with Crippen molar-refractivity contribution in [1.82, 2.24) is 3.89 Å². The van der Waals surface area contributed by atoms with E-state index in [-0.39, 0.29) is 22.7 Å². The molecule has 0 saturated heterocycles. The summed E-state index contributed by atoms with van der Waals surface area (Å²) in [4.78, 5) is 27.2. The predicted octanol–water partition coefficient (Wildman–Crippen LogP) is 5.41. The van der Waals surface area contributed by atoms with Crippen molar-refractivity contribution in [1.29, 1.82) is 0 Å². The lowest BCUT2D eigenvalue weighted by Gasteiger charge is -2.34. The van der Waals surface area contributed by atoms with Crippen LogP contribution in [0.25, 0.3) is 0 Å². The van der Waals surface area contributed by atoms with Crippen LogP contribution in [0.3, 0.4) is 0 Å². The highest BCUT2D eigenvalue weighted by atomic mass is 32.2. The summed E-state index contributed by atoms with van der Waals surface area (Å²) in [7, 11) is -1.08. The Morgan fingerprint density at radius 3 is 1.92 bits per heavy atom. The molecule has 0 bridgehead atoms. The zero-order chi connectivity index (χ0) is 27.3. The number of benzene rings is 4. The van der Waals surface area contributed by atoms with Crippen LogP contribution in [-0.4, -0.2) is 34.4 Å². The smallest absolute Gasteiger partial charge is 0.334 e. The number of hydrogen-bond acceptors (Lipinski definition) is 5. The molecule has 2 amide bonds. The molecule has 8 heteroatoms. The molecule has 4 aromatic carbocycles. The van der Waals surface area contributed by atoms with Crippen LogP contribution in [0.4, 0.5) is 11.4 Å². The van der Waals surface area contributed by atoms with Crippen LogP contribution in [0.15, 0.2) is 114 Å². The Kier molecular flexibility index (Phi) is 7.75. The molecule has 0 saturated carbocycles. The molecule has 1 atom stereocenters. The molecular weight excluding hydrogens is 500 g/mol. The third kappa shape index (κ3) is 5.09. The largest absolute Gasteiger partial charge is 0.497 e. The van der Waals surface area contributed by atoms with E-state index < -0.39 is 25.7 Å². The molecule has 7 nitrogen and oxygen atoms in total. The highest BCUT2D eigenvalue weighted by molar-refractivity contribution is 7.91. The van der Waals surface area contributed by atoms with Crippen molar-refractivity contribution in [3.05, 3.63) is 120 Å². The van der Waals surface area contributed by atoms with E-state index in [1.807, 2.05) is 36.4 Å². The third-order valence-corrected chi connectivity index (χ3v) is 8.70. The van der Waals surface area contributed by atoms with Gasteiger partial charge in [-0.3, -0.25) is 9.59 Å². The number of para-hydroxylation sites is 2. The van der Waals surface area contributed by atoms with Gasteiger partial charge in [0.25, 0.3) is 5.91 Å². The number of quaternary nitrogens is 1. The summed E-state index contributed by atoms with van der Waals surface area (Å²) in [5.41, 5.74) is 1.58. The normalized spacial score (nSPS) is 12.8. The van der Waals surface area contributed by atoms with Crippen LogP contribution >= 0.6 is 0 Å². The summed E-state index contributed by atoms with van der Waals surface area (Å²) in [5, 5.41) is 0. The summed E-state index contributed by atoms with van der Waals surface area (Å²) in [6.07, 6.45) is 0. The highest BCUT2D eigenvalue weighted by Gasteiger charge is 2.44. The number of nitrogens with zero attached hydrogens (tertiary/aromatic N) is 2. The van der Waals surface area contributed by atoms with Gasteiger partial charge in [0.1, 0.15) is 22.9 Å². The lowest BCUT2D eigenvalue weighted by atomic mass is 10.1. The molecule has 0 heterocycles. The summed E-state index contributed by atoms with van der Waals surface area (Å²) >= 11 is 0. The first kappa shape index (κ1) is 26.8. The van der Waals surface area contributed by atoms with E-state index in [1.165, 1.54) is 38.3 Å². The minimum Gasteiger partial charge on any atom is -0.497 e. The van der Waals surface area contributed by atoms with Crippen LogP contribution < -0.4 is 13.5 Å². The fourth-order valence-corrected chi connectivity index (χ4v) is 6.18. The van der Waals surface area contributed by atoms with Gasteiger partial charge in [-0.1, -0.05) is 60.7 Å². The van der Waals surface area contributed by atoms with E-state index in [2.05, 4.69) is 0 Å². The maximum atomic E-state index is 14.6. The van der Waals surface area contributed by atoms with Crippen molar-refractivity contribution < 1.29 is 22.7 Å². The second-order valence-electron chi connectivity index (χ2n) is 8.91. The zero-order valence-corrected chi connectivity index (χ0v) is 22.3. The molecule has 0 spiro atoms. The van der Waals surface area contributed by atoms with E-state index in [1.54, 1.807) is 55.6 Å². The number of amides is 2. The molecule has 4 rings (SSSR count). The van der Waals surface area contributed by atoms with Gasteiger partial charge in [-0.25, -0.2) is 4.90 Å². The summed E-state index contributed by atoms with van der Waals surface area (Å²) in [6, 6.07) is 30.6. The molecule has 194 valence electrons. The molecule has 0 N–H and O–H groups in total. The molecule has 0 aliphatic carbocycles. The topological polar surface area (TPSA) is 80.8 Å². The van der Waals surface area contributed by atoms with Crippen LogP contribution in [0.5, 0.6) is 5.75 Å². The molecule has 4 aromatic rings.